The fraction of sp³-hybridized carbons (Fsp3) is 0.714. The fourth-order valence-electron chi connectivity index (χ4n) is 2.08. The topological polar surface area (TPSA) is 51.2 Å². The zero-order valence-corrected chi connectivity index (χ0v) is 11.3. The van der Waals surface area contributed by atoms with Crippen molar-refractivity contribution in [1.29, 1.82) is 0 Å². The molecule has 1 rings (SSSR count). The SMILES string of the molecule is CC(C)(C)CC(CN)CNCCc1ccco1. The Morgan fingerprint density at radius 1 is 1.41 bits per heavy atom. The molecule has 3 nitrogen and oxygen atoms in total. The molecule has 3 heteroatoms. The number of nitrogens with two attached hydrogens (primary N) is 1. The summed E-state index contributed by atoms with van der Waals surface area (Å²) >= 11 is 0. The van der Waals surface area contributed by atoms with Gasteiger partial charge >= 0.3 is 0 Å². The second kappa shape index (κ2) is 6.82. The van der Waals surface area contributed by atoms with Crippen molar-refractivity contribution in [2.75, 3.05) is 19.6 Å². The first-order valence-corrected chi connectivity index (χ1v) is 6.44. The number of hydrogen-bond acceptors (Lipinski definition) is 3. The molecule has 1 atom stereocenters. The van der Waals surface area contributed by atoms with E-state index in [1.807, 2.05) is 12.1 Å². The first-order valence-electron chi connectivity index (χ1n) is 6.44. The number of furan rings is 1. The molecule has 98 valence electrons. The van der Waals surface area contributed by atoms with Gasteiger partial charge in [-0.2, -0.15) is 0 Å². The van der Waals surface area contributed by atoms with Crippen LogP contribution >= 0.6 is 0 Å². The van der Waals surface area contributed by atoms with Crippen LogP contribution in [0.4, 0.5) is 0 Å². The fourth-order valence-corrected chi connectivity index (χ4v) is 2.08. The Balaban J connectivity index is 2.15. The smallest absolute Gasteiger partial charge is 0.105 e. The van der Waals surface area contributed by atoms with Gasteiger partial charge in [0.2, 0.25) is 0 Å². The average molecular weight is 238 g/mol. The van der Waals surface area contributed by atoms with Crippen LogP contribution in [0.5, 0.6) is 0 Å². The number of nitrogens with one attached hydrogen (secondary N) is 1. The van der Waals surface area contributed by atoms with Crippen molar-refractivity contribution < 1.29 is 4.42 Å². The Labute approximate surface area is 105 Å². The molecular weight excluding hydrogens is 212 g/mol. The Kier molecular flexibility index (Phi) is 5.72. The molecule has 17 heavy (non-hydrogen) atoms. The van der Waals surface area contributed by atoms with Crippen LogP contribution in [0.25, 0.3) is 0 Å². The third-order valence-corrected chi connectivity index (χ3v) is 2.80. The van der Waals surface area contributed by atoms with Crippen LogP contribution in [0, 0.1) is 11.3 Å². The molecule has 0 saturated carbocycles. The van der Waals surface area contributed by atoms with E-state index in [-0.39, 0.29) is 0 Å². The lowest BCUT2D eigenvalue weighted by atomic mass is 9.84. The van der Waals surface area contributed by atoms with Crippen LogP contribution < -0.4 is 11.1 Å². The van der Waals surface area contributed by atoms with E-state index in [1.165, 1.54) is 0 Å². The van der Waals surface area contributed by atoms with Gasteiger partial charge in [0.25, 0.3) is 0 Å². The summed E-state index contributed by atoms with van der Waals surface area (Å²) in [6, 6.07) is 3.94. The lowest BCUT2D eigenvalue weighted by Crippen LogP contribution is -2.32. The Morgan fingerprint density at radius 3 is 2.71 bits per heavy atom. The van der Waals surface area contributed by atoms with Crippen molar-refractivity contribution in [3.8, 4) is 0 Å². The van der Waals surface area contributed by atoms with Crippen molar-refractivity contribution in [3.05, 3.63) is 24.2 Å². The highest BCUT2D eigenvalue weighted by molar-refractivity contribution is 4.98. The van der Waals surface area contributed by atoms with Gasteiger partial charge in [-0.3, -0.25) is 0 Å². The largest absolute Gasteiger partial charge is 0.469 e. The first kappa shape index (κ1) is 14.3. The Bertz CT molecular complexity index is 288. The van der Waals surface area contributed by atoms with Crippen LogP contribution in [0.15, 0.2) is 22.8 Å². The summed E-state index contributed by atoms with van der Waals surface area (Å²) < 4.78 is 5.28. The number of hydrogen-bond donors (Lipinski definition) is 2. The minimum atomic E-state index is 0.354. The highest BCUT2D eigenvalue weighted by atomic mass is 16.3. The molecule has 1 unspecified atom stereocenters. The van der Waals surface area contributed by atoms with Crippen molar-refractivity contribution in [3.63, 3.8) is 0 Å². The van der Waals surface area contributed by atoms with Crippen LogP contribution in [0.1, 0.15) is 33.0 Å². The van der Waals surface area contributed by atoms with Gasteiger partial charge in [-0.15, -0.1) is 0 Å². The summed E-state index contributed by atoms with van der Waals surface area (Å²) in [7, 11) is 0. The molecule has 0 aliphatic rings. The zero-order valence-electron chi connectivity index (χ0n) is 11.3. The molecule has 1 aromatic rings. The molecule has 0 aliphatic carbocycles. The summed E-state index contributed by atoms with van der Waals surface area (Å²) in [5, 5.41) is 3.46. The van der Waals surface area contributed by atoms with Crippen LogP contribution in [-0.2, 0) is 6.42 Å². The molecule has 0 radical (unpaired) electrons. The molecule has 0 spiro atoms. The second-order valence-corrected chi connectivity index (χ2v) is 5.90. The molecule has 0 aliphatic heterocycles. The summed E-state index contributed by atoms with van der Waals surface area (Å²) in [6.07, 6.45) is 3.83. The van der Waals surface area contributed by atoms with Crippen molar-refractivity contribution in [2.45, 2.75) is 33.6 Å². The average Bonchev–Trinajstić information content (AvgIpc) is 2.73. The van der Waals surface area contributed by atoms with Crippen LogP contribution in [0.3, 0.4) is 0 Å². The van der Waals surface area contributed by atoms with Crippen LogP contribution in [0.2, 0.25) is 0 Å². The first-order chi connectivity index (χ1) is 8.01. The van der Waals surface area contributed by atoms with Gasteiger partial charge in [0.05, 0.1) is 6.26 Å². The number of rotatable bonds is 7. The highest BCUT2D eigenvalue weighted by Crippen LogP contribution is 2.23. The summed E-state index contributed by atoms with van der Waals surface area (Å²) in [4.78, 5) is 0. The van der Waals surface area contributed by atoms with Gasteiger partial charge in [0.15, 0.2) is 0 Å². The van der Waals surface area contributed by atoms with E-state index in [1.54, 1.807) is 6.26 Å². The molecule has 3 N–H and O–H groups in total. The van der Waals surface area contributed by atoms with Gasteiger partial charge in [-0.05, 0) is 43.0 Å². The molecule has 0 fully saturated rings. The van der Waals surface area contributed by atoms with E-state index >= 15 is 0 Å². The van der Waals surface area contributed by atoms with Crippen LogP contribution in [-0.4, -0.2) is 19.6 Å². The summed E-state index contributed by atoms with van der Waals surface area (Å²) in [5.41, 5.74) is 6.15. The highest BCUT2D eigenvalue weighted by Gasteiger charge is 2.17. The molecule has 0 bridgehead atoms. The molecule has 1 heterocycles. The summed E-state index contributed by atoms with van der Waals surface area (Å²) in [6.45, 7) is 9.49. The Hall–Kier alpha value is -0.800. The normalized spacial score (nSPS) is 13.9. The Morgan fingerprint density at radius 2 is 2.18 bits per heavy atom. The minimum absolute atomic E-state index is 0.354. The van der Waals surface area contributed by atoms with E-state index in [9.17, 15) is 0 Å². The minimum Gasteiger partial charge on any atom is -0.469 e. The third-order valence-electron chi connectivity index (χ3n) is 2.80. The maximum absolute atomic E-state index is 5.80. The summed E-state index contributed by atoms with van der Waals surface area (Å²) in [5.74, 6) is 1.60. The van der Waals surface area contributed by atoms with Gasteiger partial charge in [-0.1, -0.05) is 20.8 Å². The zero-order chi connectivity index (χ0) is 12.7. The van der Waals surface area contributed by atoms with Gasteiger partial charge in [0, 0.05) is 13.0 Å². The van der Waals surface area contributed by atoms with E-state index in [0.29, 0.717) is 11.3 Å². The van der Waals surface area contributed by atoms with Crippen molar-refractivity contribution in [2.24, 2.45) is 17.1 Å². The van der Waals surface area contributed by atoms with Gasteiger partial charge in [0.1, 0.15) is 5.76 Å². The molecule has 0 amide bonds. The standard InChI is InChI=1S/C14H26N2O/c1-14(2,3)9-12(10-15)11-16-7-6-13-5-4-8-17-13/h4-5,8,12,16H,6-7,9-11,15H2,1-3H3. The monoisotopic (exact) mass is 238 g/mol. The van der Waals surface area contributed by atoms with Crippen molar-refractivity contribution in [1.82, 2.24) is 5.32 Å². The predicted octanol–water partition coefficient (Wildman–Crippen LogP) is 2.42. The van der Waals surface area contributed by atoms with E-state index in [0.717, 1.165) is 38.2 Å². The quantitative estimate of drug-likeness (QED) is 0.717. The lowest BCUT2D eigenvalue weighted by molar-refractivity contribution is 0.290. The van der Waals surface area contributed by atoms with E-state index in [4.69, 9.17) is 10.2 Å². The van der Waals surface area contributed by atoms with Gasteiger partial charge < -0.3 is 15.5 Å². The molecule has 1 aromatic heterocycles. The predicted molar refractivity (Wildman–Crippen MR) is 71.9 cm³/mol. The van der Waals surface area contributed by atoms with E-state index in [2.05, 4.69) is 26.1 Å². The van der Waals surface area contributed by atoms with E-state index < -0.39 is 0 Å². The maximum atomic E-state index is 5.80. The second-order valence-electron chi connectivity index (χ2n) is 5.90. The van der Waals surface area contributed by atoms with Gasteiger partial charge in [-0.25, -0.2) is 0 Å². The molecular formula is C14H26N2O. The maximum Gasteiger partial charge on any atom is 0.105 e. The molecule has 0 saturated heterocycles. The third kappa shape index (κ3) is 6.49. The molecule has 0 aromatic carbocycles. The van der Waals surface area contributed by atoms with Crippen molar-refractivity contribution >= 4 is 0 Å². The lowest BCUT2D eigenvalue weighted by Gasteiger charge is -2.25.